The largest absolute Gasteiger partial charge is 0.342 e. The molecule has 1 saturated heterocycles. The van der Waals surface area contributed by atoms with E-state index in [1.807, 2.05) is 0 Å². The van der Waals surface area contributed by atoms with Crippen LogP contribution in [0.2, 0.25) is 0 Å². The predicted octanol–water partition coefficient (Wildman–Crippen LogP) is -1.25. The Morgan fingerprint density at radius 3 is 2.39 bits per heavy atom. The van der Waals surface area contributed by atoms with Crippen LogP contribution >= 0.6 is 0 Å². The second-order valence-corrected chi connectivity index (χ2v) is 4.62. The van der Waals surface area contributed by atoms with Crippen molar-refractivity contribution in [2.75, 3.05) is 32.7 Å². The third kappa shape index (κ3) is 3.61. The number of amides is 4. The first-order chi connectivity index (χ1) is 8.69. The Balaban J connectivity index is 1.64. The number of nitrogens with one attached hydrogen (secondary N) is 2. The molecule has 0 bridgehead atoms. The molecule has 4 amide bonds. The molecule has 7 nitrogen and oxygen atoms in total. The lowest BCUT2D eigenvalue weighted by Gasteiger charge is -2.32. The van der Waals surface area contributed by atoms with E-state index in [0.717, 1.165) is 19.3 Å². The lowest BCUT2D eigenvalue weighted by molar-refractivity contribution is -0.134. The highest BCUT2D eigenvalue weighted by molar-refractivity contribution is 5.84. The lowest BCUT2D eigenvalue weighted by atomic mass is 10.3. The van der Waals surface area contributed by atoms with Gasteiger partial charge in [0.2, 0.25) is 12.3 Å². The van der Waals surface area contributed by atoms with Gasteiger partial charge < -0.3 is 20.4 Å². The van der Waals surface area contributed by atoms with Gasteiger partial charge >= 0.3 is 6.03 Å². The molecule has 7 heteroatoms. The molecular weight excluding hydrogens is 236 g/mol. The maximum atomic E-state index is 11.8. The van der Waals surface area contributed by atoms with Gasteiger partial charge in [-0.2, -0.15) is 0 Å². The predicted molar refractivity (Wildman–Crippen MR) is 63.8 cm³/mol. The van der Waals surface area contributed by atoms with Crippen molar-refractivity contribution < 1.29 is 14.4 Å². The molecule has 0 aromatic rings. The first kappa shape index (κ1) is 12.7. The molecule has 1 aliphatic carbocycles. The summed E-state index contributed by atoms with van der Waals surface area (Å²) in [5.41, 5.74) is 0. The van der Waals surface area contributed by atoms with Crippen molar-refractivity contribution in [2.45, 2.75) is 18.9 Å². The molecule has 100 valence electrons. The summed E-state index contributed by atoms with van der Waals surface area (Å²) >= 11 is 0. The minimum Gasteiger partial charge on any atom is -0.342 e. The number of hydrogen-bond acceptors (Lipinski definition) is 3. The van der Waals surface area contributed by atoms with Crippen LogP contribution in [0.4, 0.5) is 4.79 Å². The minimum atomic E-state index is -0.280. The smallest absolute Gasteiger partial charge is 0.315 e. The summed E-state index contributed by atoms with van der Waals surface area (Å²) in [6, 6.07) is 0.00798. The van der Waals surface area contributed by atoms with E-state index in [0.29, 0.717) is 26.2 Å². The summed E-state index contributed by atoms with van der Waals surface area (Å²) in [6.45, 7) is 2.19. The molecule has 0 aromatic carbocycles. The molecule has 18 heavy (non-hydrogen) atoms. The second-order valence-electron chi connectivity index (χ2n) is 4.62. The van der Waals surface area contributed by atoms with E-state index in [1.54, 1.807) is 9.80 Å². The van der Waals surface area contributed by atoms with Gasteiger partial charge in [-0.05, 0) is 12.8 Å². The Hall–Kier alpha value is -1.79. The molecule has 2 fully saturated rings. The Labute approximate surface area is 105 Å². The maximum absolute atomic E-state index is 11.8. The van der Waals surface area contributed by atoms with Crippen molar-refractivity contribution in [3.8, 4) is 0 Å². The fourth-order valence-electron chi connectivity index (χ4n) is 1.81. The number of carbonyl (C=O) groups is 3. The molecule has 2 N–H and O–H groups in total. The average Bonchev–Trinajstić information content (AvgIpc) is 3.20. The number of piperazine rings is 1. The SMILES string of the molecule is O=CN1CCN(C(=O)CNC(=O)NC2CC2)CC1. The van der Waals surface area contributed by atoms with Crippen LogP contribution in [-0.4, -0.2) is 66.9 Å². The van der Waals surface area contributed by atoms with Gasteiger partial charge in [0.1, 0.15) is 0 Å². The third-order valence-electron chi connectivity index (χ3n) is 3.13. The Bertz CT molecular complexity index is 335. The molecule has 0 radical (unpaired) electrons. The van der Waals surface area contributed by atoms with Crippen molar-refractivity contribution in [2.24, 2.45) is 0 Å². The average molecular weight is 254 g/mol. The summed E-state index contributed by atoms with van der Waals surface area (Å²) in [6.07, 6.45) is 2.84. The Kier molecular flexibility index (Phi) is 4.01. The van der Waals surface area contributed by atoms with Gasteiger partial charge in [0.15, 0.2) is 0 Å². The fourth-order valence-corrected chi connectivity index (χ4v) is 1.81. The van der Waals surface area contributed by atoms with Crippen LogP contribution in [0.1, 0.15) is 12.8 Å². The third-order valence-corrected chi connectivity index (χ3v) is 3.13. The Morgan fingerprint density at radius 1 is 1.17 bits per heavy atom. The van der Waals surface area contributed by atoms with E-state index >= 15 is 0 Å². The van der Waals surface area contributed by atoms with Gasteiger partial charge in [-0.15, -0.1) is 0 Å². The van der Waals surface area contributed by atoms with E-state index in [-0.39, 0.29) is 24.5 Å². The van der Waals surface area contributed by atoms with Crippen LogP contribution in [-0.2, 0) is 9.59 Å². The highest BCUT2D eigenvalue weighted by atomic mass is 16.2. The maximum Gasteiger partial charge on any atom is 0.315 e. The minimum absolute atomic E-state index is 0.0135. The first-order valence-electron chi connectivity index (χ1n) is 6.20. The van der Waals surface area contributed by atoms with Gasteiger partial charge in [0.05, 0.1) is 6.54 Å². The van der Waals surface area contributed by atoms with E-state index in [4.69, 9.17) is 0 Å². The highest BCUT2D eigenvalue weighted by Crippen LogP contribution is 2.18. The van der Waals surface area contributed by atoms with Crippen LogP contribution in [0.5, 0.6) is 0 Å². The van der Waals surface area contributed by atoms with Gasteiger partial charge in [-0.3, -0.25) is 9.59 Å². The monoisotopic (exact) mass is 254 g/mol. The number of nitrogens with zero attached hydrogens (tertiary/aromatic N) is 2. The summed E-state index contributed by atoms with van der Waals surface area (Å²) in [4.78, 5) is 36.9. The zero-order valence-electron chi connectivity index (χ0n) is 10.2. The Morgan fingerprint density at radius 2 is 1.83 bits per heavy atom. The van der Waals surface area contributed by atoms with E-state index in [9.17, 15) is 14.4 Å². The quantitative estimate of drug-likeness (QED) is 0.615. The van der Waals surface area contributed by atoms with Crippen molar-refractivity contribution in [3.63, 3.8) is 0 Å². The zero-order valence-corrected chi connectivity index (χ0v) is 10.2. The summed E-state index contributed by atoms with van der Waals surface area (Å²) in [5.74, 6) is -0.105. The van der Waals surface area contributed by atoms with E-state index < -0.39 is 0 Å². The number of carbonyl (C=O) groups excluding carboxylic acids is 3. The zero-order chi connectivity index (χ0) is 13.0. The van der Waals surface area contributed by atoms with Crippen LogP contribution in [0.3, 0.4) is 0 Å². The molecule has 2 aliphatic rings. The number of urea groups is 1. The van der Waals surface area contributed by atoms with Crippen LogP contribution in [0.25, 0.3) is 0 Å². The van der Waals surface area contributed by atoms with Crippen molar-refractivity contribution >= 4 is 18.3 Å². The van der Waals surface area contributed by atoms with Gasteiger partial charge in [0, 0.05) is 32.2 Å². The number of rotatable bonds is 4. The van der Waals surface area contributed by atoms with Gasteiger partial charge in [-0.1, -0.05) is 0 Å². The molecule has 0 aromatic heterocycles. The standard InChI is InChI=1S/C11H18N4O3/c16-8-14-3-5-15(6-4-14)10(17)7-12-11(18)13-9-1-2-9/h8-9H,1-7H2,(H2,12,13,18). The van der Waals surface area contributed by atoms with E-state index in [1.165, 1.54) is 0 Å². The fraction of sp³-hybridized carbons (Fsp3) is 0.727. The molecule has 0 atom stereocenters. The van der Waals surface area contributed by atoms with Crippen molar-refractivity contribution in [3.05, 3.63) is 0 Å². The summed E-state index contributed by atoms with van der Waals surface area (Å²) < 4.78 is 0. The molecule has 1 aliphatic heterocycles. The highest BCUT2D eigenvalue weighted by Gasteiger charge is 2.24. The topological polar surface area (TPSA) is 81.8 Å². The van der Waals surface area contributed by atoms with Crippen LogP contribution < -0.4 is 10.6 Å². The number of hydrogen-bond donors (Lipinski definition) is 2. The van der Waals surface area contributed by atoms with Crippen LogP contribution in [0, 0.1) is 0 Å². The van der Waals surface area contributed by atoms with E-state index in [2.05, 4.69) is 10.6 Å². The second kappa shape index (κ2) is 5.70. The molecule has 0 unspecified atom stereocenters. The van der Waals surface area contributed by atoms with Crippen molar-refractivity contribution in [1.82, 2.24) is 20.4 Å². The summed E-state index contributed by atoms with van der Waals surface area (Å²) in [7, 11) is 0. The van der Waals surface area contributed by atoms with Gasteiger partial charge in [0.25, 0.3) is 0 Å². The normalized spacial score (nSPS) is 19.3. The van der Waals surface area contributed by atoms with Gasteiger partial charge in [-0.25, -0.2) is 4.79 Å². The van der Waals surface area contributed by atoms with Crippen LogP contribution in [0.15, 0.2) is 0 Å². The summed E-state index contributed by atoms with van der Waals surface area (Å²) in [5, 5.41) is 5.30. The molecule has 1 saturated carbocycles. The molecular formula is C11H18N4O3. The molecule has 1 heterocycles. The van der Waals surface area contributed by atoms with Crippen molar-refractivity contribution in [1.29, 1.82) is 0 Å². The first-order valence-corrected chi connectivity index (χ1v) is 6.20. The lowest BCUT2D eigenvalue weighted by Crippen LogP contribution is -2.51. The molecule has 2 rings (SSSR count). The molecule has 0 spiro atoms.